The van der Waals surface area contributed by atoms with Crippen molar-refractivity contribution < 1.29 is 8.42 Å². The molecule has 2 aromatic rings. The maximum atomic E-state index is 11.9. The Hall–Kier alpha value is -1.96. The van der Waals surface area contributed by atoms with Crippen LogP contribution in [0.25, 0.3) is 0 Å². The number of benzene rings is 2. The average molecular weight is 364 g/mol. The number of nitrogens with one attached hydrogen (secondary N) is 3. The zero-order chi connectivity index (χ0) is 17.7. The Labute approximate surface area is 148 Å². The first-order chi connectivity index (χ1) is 11.3. The van der Waals surface area contributed by atoms with Gasteiger partial charge in [0.2, 0.25) is 10.0 Å². The summed E-state index contributed by atoms with van der Waals surface area (Å²) < 4.78 is 26.3. The summed E-state index contributed by atoms with van der Waals surface area (Å²) >= 11 is 5.30. The Morgan fingerprint density at radius 3 is 2.04 bits per heavy atom. The van der Waals surface area contributed by atoms with Crippen molar-refractivity contribution in [2.45, 2.75) is 25.7 Å². The molecule has 2 rings (SSSR count). The van der Waals surface area contributed by atoms with Crippen molar-refractivity contribution in [1.82, 2.24) is 4.72 Å². The van der Waals surface area contributed by atoms with Crippen LogP contribution in [0.4, 0.5) is 11.4 Å². The highest BCUT2D eigenvalue weighted by Gasteiger charge is 2.12. The third kappa shape index (κ3) is 5.02. The van der Waals surface area contributed by atoms with Gasteiger partial charge >= 0.3 is 0 Å². The van der Waals surface area contributed by atoms with Gasteiger partial charge in [-0.25, -0.2) is 13.1 Å². The van der Waals surface area contributed by atoms with E-state index in [1.54, 1.807) is 31.2 Å². The molecule has 0 saturated heterocycles. The predicted molar refractivity (Wildman–Crippen MR) is 103 cm³/mol. The van der Waals surface area contributed by atoms with Gasteiger partial charge < -0.3 is 10.6 Å². The van der Waals surface area contributed by atoms with Crippen LogP contribution in [0.2, 0.25) is 0 Å². The van der Waals surface area contributed by atoms with Crippen LogP contribution in [0, 0.1) is 13.8 Å². The maximum Gasteiger partial charge on any atom is 0.240 e. The second-order valence-corrected chi connectivity index (χ2v) is 7.66. The van der Waals surface area contributed by atoms with Gasteiger partial charge in [0, 0.05) is 17.9 Å². The summed E-state index contributed by atoms with van der Waals surface area (Å²) in [5, 5.41) is 6.62. The smallest absolute Gasteiger partial charge is 0.240 e. The number of aryl methyl sites for hydroxylation is 2. The van der Waals surface area contributed by atoms with Crippen molar-refractivity contribution in [1.29, 1.82) is 0 Å². The van der Waals surface area contributed by atoms with E-state index in [1.165, 1.54) is 0 Å². The molecule has 0 unspecified atom stereocenters. The molecule has 0 atom stereocenters. The second kappa shape index (κ2) is 7.74. The molecule has 128 valence electrons. The molecule has 0 radical (unpaired) electrons. The molecule has 0 spiro atoms. The molecule has 0 fully saturated rings. The van der Waals surface area contributed by atoms with E-state index >= 15 is 0 Å². The SMILES string of the molecule is CCNS(=O)(=O)c1ccc(NC(=S)Nc2cc(C)cc(C)c2)cc1. The molecule has 24 heavy (non-hydrogen) atoms. The zero-order valence-corrected chi connectivity index (χ0v) is 15.5. The second-order valence-electron chi connectivity index (χ2n) is 5.48. The molecule has 0 aliphatic rings. The van der Waals surface area contributed by atoms with Gasteiger partial charge in [-0.15, -0.1) is 0 Å². The molecule has 2 aromatic carbocycles. The quantitative estimate of drug-likeness (QED) is 0.710. The minimum Gasteiger partial charge on any atom is -0.332 e. The van der Waals surface area contributed by atoms with Gasteiger partial charge in [-0.3, -0.25) is 0 Å². The predicted octanol–water partition coefficient (Wildman–Crippen LogP) is 3.41. The van der Waals surface area contributed by atoms with Gasteiger partial charge in [0.15, 0.2) is 5.11 Å². The Bertz CT molecular complexity index is 811. The van der Waals surface area contributed by atoms with Crippen molar-refractivity contribution in [3.8, 4) is 0 Å². The van der Waals surface area contributed by atoms with Crippen LogP contribution in [-0.4, -0.2) is 20.1 Å². The lowest BCUT2D eigenvalue weighted by atomic mass is 10.1. The van der Waals surface area contributed by atoms with E-state index < -0.39 is 10.0 Å². The maximum absolute atomic E-state index is 11.9. The van der Waals surface area contributed by atoms with Crippen molar-refractivity contribution >= 4 is 38.7 Å². The number of sulfonamides is 1. The standard InChI is InChI=1S/C17H21N3O2S2/c1-4-18-24(21,22)16-7-5-14(6-8-16)19-17(23)20-15-10-12(2)9-13(3)11-15/h5-11,18H,4H2,1-3H3,(H2,19,20,23). The first kappa shape index (κ1) is 18.4. The fraction of sp³-hybridized carbons (Fsp3) is 0.235. The van der Waals surface area contributed by atoms with Crippen LogP contribution in [-0.2, 0) is 10.0 Å². The first-order valence-electron chi connectivity index (χ1n) is 7.56. The third-order valence-corrected chi connectivity index (χ3v) is 5.00. The number of thiocarbonyl (C=S) groups is 1. The monoisotopic (exact) mass is 363 g/mol. The van der Waals surface area contributed by atoms with Crippen molar-refractivity contribution in [2.24, 2.45) is 0 Å². The fourth-order valence-electron chi connectivity index (χ4n) is 2.33. The number of anilines is 2. The number of hydrogen-bond donors (Lipinski definition) is 3. The Kier molecular flexibility index (Phi) is 5.93. The lowest BCUT2D eigenvalue weighted by Gasteiger charge is -2.12. The number of rotatable bonds is 5. The van der Waals surface area contributed by atoms with Crippen LogP contribution in [0.3, 0.4) is 0 Å². The van der Waals surface area contributed by atoms with Crippen LogP contribution < -0.4 is 15.4 Å². The highest BCUT2D eigenvalue weighted by atomic mass is 32.2. The molecule has 0 aliphatic heterocycles. The Morgan fingerprint density at radius 2 is 1.50 bits per heavy atom. The summed E-state index contributed by atoms with van der Waals surface area (Å²) in [6, 6.07) is 12.5. The summed E-state index contributed by atoms with van der Waals surface area (Å²) in [5.41, 5.74) is 3.93. The largest absolute Gasteiger partial charge is 0.332 e. The molecule has 0 heterocycles. The molecular formula is C17H21N3O2S2. The van der Waals surface area contributed by atoms with Crippen LogP contribution in [0.15, 0.2) is 47.4 Å². The normalized spacial score (nSPS) is 11.1. The van der Waals surface area contributed by atoms with E-state index in [0.29, 0.717) is 17.3 Å². The summed E-state index contributed by atoms with van der Waals surface area (Å²) in [4.78, 5) is 0.225. The van der Waals surface area contributed by atoms with Gasteiger partial charge in [-0.2, -0.15) is 0 Å². The van der Waals surface area contributed by atoms with Crippen molar-refractivity contribution in [3.63, 3.8) is 0 Å². The highest BCUT2D eigenvalue weighted by Crippen LogP contribution is 2.16. The molecule has 5 nitrogen and oxygen atoms in total. The van der Waals surface area contributed by atoms with Crippen LogP contribution in [0.1, 0.15) is 18.1 Å². The van der Waals surface area contributed by atoms with Crippen molar-refractivity contribution in [2.75, 3.05) is 17.2 Å². The summed E-state index contributed by atoms with van der Waals surface area (Å²) in [6.07, 6.45) is 0. The topological polar surface area (TPSA) is 70.2 Å². The molecule has 7 heteroatoms. The Morgan fingerprint density at radius 1 is 0.958 bits per heavy atom. The van der Waals surface area contributed by atoms with Gasteiger partial charge in [-0.1, -0.05) is 13.0 Å². The van der Waals surface area contributed by atoms with Crippen LogP contribution >= 0.6 is 12.2 Å². The van der Waals surface area contributed by atoms with Gasteiger partial charge in [0.1, 0.15) is 0 Å². The minimum absolute atomic E-state index is 0.225. The lowest BCUT2D eigenvalue weighted by Crippen LogP contribution is -2.23. The molecule has 0 aromatic heterocycles. The van der Waals surface area contributed by atoms with Gasteiger partial charge in [0.25, 0.3) is 0 Å². The number of hydrogen-bond acceptors (Lipinski definition) is 3. The molecule has 0 saturated carbocycles. The summed E-state index contributed by atoms with van der Waals surface area (Å²) in [6.45, 7) is 6.15. The van der Waals surface area contributed by atoms with Crippen molar-refractivity contribution in [3.05, 3.63) is 53.6 Å². The van der Waals surface area contributed by atoms with E-state index in [-0.39, 0.29) is 4.90 Å². The van der Waals surface area contributed by atoms with E-state index in [0.717, 1.165) is 16.8 Å². The average Bonchev–Trinajstić information content (AvgIpc) is 2.46. The highest BCUT2D eigenvalue weighted by molar-refractivity contribution is 7.89. The molecule has 3 N–H and O–H groups in total. The lowest BCUT2D eigenvalue weighted by molar-refractivity contribution is 0.584. The zero-order valence-electron chi connectivity index (χ0n) is 13.9. The first-order valence-corrected chi connectivity index (χ1v) is 9.45. The van der Waals surface area contributed by atoms with E-state index in [4.69, 9.17) is 12.2 Å². The molecular weight excluding hydrogens is 342 g/mol. The van der Waals surface area contributed by atoms with Gasteiger partial charge in [-0.05, 0) is 73.6 Å². The minimum atomic E-state index is -3.44. The molecule has 0 bridgehead atoms. The summed E-state index contributed by atoms with van der Waals surface area (Å²) in [5.74, 6) is 0. The van der Waals surface area contributed by atoms with E-state index in [2.05, 4.69) is 21.4 Å². The van der Waals surface area contributed by atoms with Gasteiger partial charge in [0.05, 0.1) is 4.90 Å². The molecule has 0 aliphatic carbocycles. The van der Waals surface area contributed by atoms with Crippen LogP contribution in [0.5, 0.6) is 0 Å². The Balaban J connectivity index is 2.04. The third-order valence-electron chi connectivity index (χ3n) is 3.24. The fourth-order valence-corrected chi connectivity index (χ4v) is 3.61. The summed E-state index contributed by atoms with van der Waals surface area (Å²) in [7, 11) is -3.44. The molecule has 0 amide bonds. The van der Waals surface area contributed by atoms with E-state index in [1.807, 2.05) is 26.0 Å². The van der Waals surface area contributed by atoms with E-state index in [9.17, 15) is 8.42 Å².